The Morgan fingerprint density at radius 2 is 2.00 bits per heavy atom. The topological polar surface area (TPSA) is 26.3 Å². The second-order valence-electron chi connectivity index (χ2n) is 2.88. The first-order valence-corrected chi connectivity index (χ1v) is 4.36. The van der Waals surface area contributed by atoms with Gasteiger partial charge in [-0.2, -0.15) is 0 Å². The maximum absolute atomic E-state index is 11.1. The van der Waals surface area contributed by atoms with Gasteiger partial charge in [0.25, 0.3) is 0 Å². The molecule has 2 heteroatoms. The molecule has 0 aromatic carbocycles. The van der Waals surface area contributed by atoms with E-state index < -0.39 is 0 Å². The molecule has 1 radical (unpaired) electrons. The highest BCUT2D eigenvalue weighted by atomic mass is 16.5. The Labute approximate surface area is 67.9 Å². The first-order chi connectivity index (χ1) is 5.34. The normalized spacial score (nSPS) is 19.7. The summed E-state index contributed by atoms with van der Waals surface area (Å²) in [6, 6.07) is 0. The van der Waals surface area contributed by atoms with Gasteiger partial charge in [-0.15, -0.1) is 0 Å². The largest absolute Gasteiger partial charge is 0.466 e. The monoisotopic (exact) mass is 155 g/mol. The zero-order chi connectivity index (χ0) is 8.10. The van der Waals surface area contributed by atoms with Crippen LogP contribution in [0.25, 0.3) is 0 Å². The van der Waals surface area contributed by atoms with Crippen LogP contribution in [0.2, 0.25) is 0 Å². The van der Waals surface area contributed by atoms with E-state index in [1.807, 2.05) is 6.92 Å². The van der Waals surface area contributed by atoms with Crippen LogP contribution >= 0.6 is 0 Å². The van der Waals surface area contributed by atoms with Gasteiger partial charge in [-0.25, -0.2) is 0 Å². The Morgan fingerprint density at radius 3 is 2.55 bits per heavy atom. The summed E-state index contributed by atoms with van der Waals surface area (Å²) < 4.78 is 4.91. The van der Waals surface area contributed by atoms with Crippen molar-refractivity contribution in [2.24, 2.45) is 0 Å². The highest BCUT2D eigenvalue weighted by molar-refractivity contribution is 5.84. The van der Waals surface area contributed by atoms with Gasteiger partial charge in [0.1, 0.15) is 0 Å². The lowest BCUT2D eigenvalue weighted by Gasteiger charge is -2.18. The van der Waals surface area contributed by atoms with Gasteiger partial charge in [-0.05, 0) is 19.8 Å². The molecule has 0 spiro atoms. The second kappa shape index (κ2) is 4.37. The highest BCUT2D eigenvalue weighted by Gasteiger charge is 2.22. The molecule has 1 rings (SSSR count). The molecule has 0 amide bonds. The number of hydrogen-bond acceptors (Lipinski definition) is 2. The number of hydrogen-bond donors (Lipinski definition) is 0. The van der Waals surface area contributed by atoms with Crippen LogP contribution in [0.15, 0.2) is 0 Å². The minimum atomic E-state index is -0.0628. The zero-order valence-electron chi connectivity index (χ0n) is 7.06. The van der Waals surface area contributed by atoms with Gasteiger partial charge in [-0.1, -0.05) is 19.3 Å². The van der Waals surface area contributed by atoms with Crippen LogP contribution in [0.5, 0.6) is 0 Å². The van der Waals surface area contributed by atoms with Crippen molar-refractivity contribution in [1.82, 2.24) is 0 Å². The van der Waals surface area contributed by atoms with E-state index in [9.17, 15) is 4.79 Å². The van der Waals surface area contributed by atoms with E-state index in [1.165, 1.54) is 6.42 Å². The van der Waals surface area contributed by atoms with E-state index in [0.29, 0.717) is 6.61 Å². The standard InChI is InChI=1S/C9H15O2/c1-2-11-9(10)8-6-4-3-5-7-8/h2-7H2,1H3. The quantitative estimate of drug-likeness (QED) is 0.571. The van der Waals surface area contributed by atoms with Crippen LogP contribution in [0.4, 0.5) is 0 Å². The maximum Gasteiger partial charge on any atom is 0.313 e. The minimum absolute atomic E-state index is 0.0628. The number of ether oxygens (including phenoxy) is 1. The van der Waals surface area contributed by atoms with Crippen molar-refractivity contribution in [3.8, 4) is 0 Å². The van der Waals surface area contributed by atoms with E-state index in [2.05, 4.69) is 0 Å². The van der Waals surface area contributed by atoms with Crippen molar-refractivity contribution in [3.63, 3.8) is 0 Å². The molecule has 0 bridgehead atoms. The number of carbonyl (C=O) groups is 1. The van der Waals surface area contributed by atoms with E-state index in [4.69, 9.17) is 4.74 Å². The molecule has 0 saturated heterocycles. The fourth-order valence-corrected chi connectivity index (χ4v) is 1.42. The molecule has 0 atom stereocenters. The molecule has 0 aromatic rings. The Balaban J connectivity index is 2.27. The van der Waals surface area contributed by atoms with Gasteiger partial charge in [0.15, 0.2) is 0 Å². The third-order valence-electron chi connectivity index (χ3n) is 2.02. The molecule has 1 fully saturated rings. The molecule has 0 aliphatic heterocycles. The van der Waals surface area contributed by atoms with Crippen LogP contribution in [0.3, 0.4) is 0 Å². The summed E-state index contributed by atoms with van der Waals surface area (Å²) in [4.78, 5) is 11.1. The van der Waals surface area contributed by atoms with Crippen molar-refractivity contribution in [2.75, 3.05) is 6.61 Å². The molecule has 1 aliphatic carbocycles. The molecule has 0 N–H and O–H groups in total. The molecule has 1 aliphatic rings. The van der Waals surface area contributed by atoms with Crippen molar-refractivity contribution < 1.29 is 9.53 Å². The maximum atomic E-state index is 11.1. The lowest BCUT2D eigenvalue weighted by molar-refractivity contribution is -0.141. The predicted molar refractivity (Wildman–Crippen MR) is 43.0 cm³/mol. The van der Waals surface area contributed by atoms with Gasteiger partial charge in [0, 0.05) is 0 Å². The average Bonchev–Trinajstić information content (AvgIpc) is 2.07. The van der Waals surface area contributed by atoms with Gasteiger partial charge in [-0.3, -0.25) is 4.79 Å². The summed E-state index contributed by atoms with van der Waals surface area (Å²) in [6.45, 7) is 2.35. The van der Waals surface area contributed by atoms with Crippen molar-refractivity contribution in [1.29, 1.82) is 0 Å². The van der Waals surface area contributed by atoms with Crippen molar-refractivity contribution in [2.45, 2.75) is 39.0 Å². The molecule has 0 heterocycles. The Kier molecular flexibility index (Phi) is 3.40. The first kappa shape index (κ1) is 8.57. The lowest BCUT2D eigenvalue weighted by Crippen LogP contribution is -2.18. The van der Waals surface area contributed by atoms with E-state index in [1.54, 1.807) is 0 Å². The Morgan fingerprint density at radius 1 is 1.36 bits per heavy atom. The third-order valence-corrected chi connectivity index (χ3v) is 2.02. The molecule has 11 heavy (non-hydrogen) atoms. The molecule has 2 nitrogen and oxygen atoms in total. The molecule has 0 unspecified atom stereocenters. The summed E-state index contributed by atoms with van der Waals surface area (Å²) in [6.07, 6.45) is 5.50. The molecular weight excluding hydrogens is 140 g/mol. The van der Waals surface area contributed by atoms with E-state index in [-0.39, 0.29) is 5.97 Å². The number of rotatable bonds is 2. The number of esters is 1. The molecular formula is C9H15O2. The lowest BCUT2D eigenvalue weighted by atomic mass is 9.89. The fourth-order valence-electron chi connectivity index (χ4n) is 1.42. The van der Waals surface area contributed by atoms with Crippen LogP contribution in [-0.2, 0) is 9.53 Å². The van der Waals surface area contributed by atoms with E-state index in [0.717, 1.165) is 31.6 Å². The van der Waals surface area contributed by atoms with Gasteiger partial charge >= 0.3 is 5.97 Å². The summed E-state index contributed by atoms with van der Waals surface area (Å²) >= 11 is 0. The van der Waals surface area contributed by atoms with Gasteiger partial charge in [0.2, 0.25) is 0 Å². The van der Waals surface area contributed by atoms with Crippen LogP contribution in [-0.4, -0.2) is 12.6 Å². The predicted octanol–water partition coefficient (Wildman–Crippen LogP) is 2.09. The van der Waals surface area contributed by atoms with Crippen molar-refractivity contribution in [3.05, 3.63) is 5.92 Å². The molecule has 0 aromatic heterocycles. The van der Waals surface area contributed by atoms with Gasteiger partial charge < -0.3 is 4.74 Å². The highest BCUT2D eigenvalue weighted by Crippen LogP contribution is 2.26. The number of carbonyl (C=O) groups excluding carboxylic acids is 1. The fraction of sp³-hybridized carbons (Fsp3) is 0.778. The Hall–Kier alpha value is -0.530. The van der Waals surface area contributed by atoms with E-state index >= 15 is 0 Å². The summed E-state index contributed by atoms with van der Waals surface area (Å²) in [5.74, 6) is 0.935. The van der Waals surface area contributed by atoms with Crippen LogP contribution in [0.1, 0.15) is 39.0 Å². The smallest absolute Gasteiger partial charge is 0.313 e. The third kappa shape index (κ3) is 2.52. The minimum Gasteiger partial charge on any atom is -0.466 e. The molecule has 63 valence electrons. The van der Waals surface area contributed by atoms with Crippen molar-refractivity contribution >= 4 is 5.97 Å². The average molecular weight is 155 g/mol. The first-order valence-electron chi connectivity index (χ1n) is 4.36. The van der Waals surface area contributed by atoms with Gasteiger partial charge in [0.05, 0.1) is 12.5 Å². The zero-order valence-corrected chi connectivity index (χ0v) is 7.06. The SMILES string of the molecule is CCOC(=O)[C]1CCCCC1. The Bertz CT molecular complexity index is 126. The summed E-state index contributed by atoms with van der Waals surface area (Å²) in [5.41, 5.74) is 0. The van der Waals surface area contributed by atoms with Crippen LogP contribution < -0.4 is 0 Å². The van der Waals surface area contributed by atoms with Crippen LogP contribution in [0, 0.1) is 5.92 Å². The summed E-state index contributed by atoms with van der Waals surface area (Å²) in [7, 11) is 0. The second-order valence-corrected chi connectivity index (χ2v) is 2.88. The molecule has 1 saturated carbocycles. The summed E-state index contributed by atoms with van der Waals surface area (Å²) in [5, 5.41) is 0.